The Morgan fingerprint density at radius 3 is 1.92 bits per heavy atom. The van der Waals surface area contributed by atoms with E-state index in [0.717, 1.165) is 40.0 Å². The number of imidazole rings is 1. The molecule has 5 heterocycles. The van der Waals surface area contributed by atoms with Crippen LogP contribution < -0.4 is 10.6 Å². The number of allylic oxidation sites excluding steroid dienone is 1. The highest BCUT2D eigenvalue weighted by atomic mass is 35.5. The predicted molar refractivity (Wildman–Crippen MR) is 234 cm³/mol. The molecule has 0 saturated carbocycles. The minimum absolute atomic E-state index is 0.0691. The van der Waals surface area contributed by atoms with E-state index >= 15 is 0 Å². The molecule has 0 spiro atoms. The maximum atomic E-state index is 14.2. The third-order valence-electron chi connectivity index (χ3n) is 12.4. The van der Waals surface area contributed by atoms with Gasteiger partial charge in [-0.25, -0.2) is 19.6 Å². The Morgan fingerprint density at radius 2 is 1.33 bits per heavy atom. The number of halogens is 2. The molecular weight excluding hydrogens is 821 g/mol. The van der Waals surface area contributed by atoms with E-state index in [1.807, 2.05) is 72.2 Å². The quantitative estimate of drug-likeness (QED) is 0.164. The zero-order valence-corrected chi connectivity index (χ0v) is 37.0. The van der Waals surface area contributed by atoms with E-state index in [1.54, 1.807) is 0 Å². The summed E-state index contributed by atoms with van der Waals surface area (Å²) in [6.45, 7) is 10.2. The number of hydrogen-bond acceptors (Lipinski definition) is 9. The molecule has 1 aromatic heterocycles. The van der Waals surface area contributed by atoms with Gasteiger partial charge in [-0.15, -0.1) is 0 Å². The fourth-order valence-electron chi connectivity index (χ4n) is 9.13. The van der Waals surface area contributed by atoms with Crippen molar-refractivity contribution in [2.75, 3.05) is 40.5 Å². The molecule has 0 unspecified atom stereocenters. The molecule has 61 heavy (non-hydrogen) atoms. The summed E-state index contributed by atoms with van der Waals surface area (Å²) in [5.41, 5.74) is 6.12. The van der Waals surface area contributed by atoms with E-state index in [-0.39, 0.29) is 47.6 Å². The molecule has 3 saturated heterocycles. The van der Waals surface area contributed by atoms with Crippen molar-refractivity contribution in [2.45, 2.75) is 84.0 Å². The zero-order valence-electron chi connectivity index (χ0n) is 35.5. The smallest absolute Gasteiger partial charge is 0.407 e. The Hall–Kier alpha value is -4.92. The first kappa shape index (κ1) is 44.1. The van der Waals surface area contributed by atoms with Crippen LogP contribution in [-0.4, -0.2) is 108 Å². The molecule has 6 atom stereocenters. The summed E-state index contributed by atoms with van der Waals surface area (Å²) in [6, 6.07) is 14.2. The van der Waals surface area contributed by atoms with Crippen LogP contribution >= 0.6 is 23.2 Å². The Morgan fingerprint density at radius 1 is 0.787 bits per heavy atom. The third kappa shape index (κ3) is 9.61. The van der Waals surface area contributed by atoms with Crippen LogP contribution in [-0.2, 0) is 23.8 Å². The van der Waals surface area contributed by atoms with Gasteiger partial charge in [0.05, 0.1) is 26.3 Å². The third-order valence-corrected chi connectivity index (χ3v) is 13.0. The number of carbonyl (C=O) groups excluding carboxylic acids is 4. The summed E-state index contributed by atoms with van der Waals surface area (Å²) >= 11 is 13.6. The van der Waals surface area contributed by atoms with Crippen LogP contribution in [0.5, 0.6) is 0 Å². The lowest BCUT2D eigenvalue weighted by Gasteiger charge is -2.34. The number of aromatic amines is 1. The van der Waals surface area contributed by atoms with Crippen LogP contribution in [0.4, 0.5) is 9.59 Å². The highest BCUT2D eigenvalue weighted by Crippen LogP contribution is 2.40. The summed E-state index contributed by atoms with van der Waals surface area (Å²) in [6.07, 6.45) is 2.03. The van der Waals surface area contributed by atoms with Gasteiger partial charge in [0, 0.05) is 49.6 Å². The maximum absolute atomic E-state index is 14.2. The number of methoxy groups -OCH3 is 2. The molecule has 3 aromatic rings. The SMILES string of the molecule is COC(=O)N[C@H](C(=O)N1C[C@@H](C)C[C@H]1C1=NC(Cl)=C(c2ccc(-c3ccc(-c4nc([C@@H]5C[C@H](C)CN5C(=O)[C@@H](NC(=O)OC)C5CCOCC5)[nH]c4Cl)cc3)cc2)C1)C(C)C. The minimum atomic E-state index is -0.737. The molecule has 14 nitrogen and oxygen atoms in total. The highest BCUT2D eigenvalue weighted by Gasteiger charge is 2.43. The van der Waals surface area contributed by atoms with Crippen molar-refractivity contribution in [3.63, 3.8) is 0 Å². The lowest BCUT2D eigenvalue weighted by Crippen LogP contribution is -2.53. The molecule has 326 valence electrons. The van der Waals surface area contributed by atoms with Gasteiger partial charge in [0.2, 0.25) is 11.8 Å². The van der Waals surface area contributed by atoms with E-state index in [9.17, 15) is 19.2 Å². The second-order valence-corrected chi connectivity index (χ2v) is 17.8. The van der Waals surface area contributed by atoms with E-state index in [0.29, 0.717) is 73.8 Å². The number of hydrogen-bond donors (Lipinski definition) is 3. The number of rotatable bonds is 11. The predicted octanol–water partition coefficient (Wildman–Crippen LogP) is 7.83. The Bertz CT molecular complexity index is 2170. The zero-order chi connectivity index (χ0) is 43.5. The molecule has 4 amide bonds. The molecule has 3 fully saturated rings. The first-order valence-corrected chi connectivity index (χ1v) is 21.8. The van der Waals surface area contributed by atoms with Crippen molar-refractivity contribution in [2.24, 2.45) is 28.7 Å². The molecule has 0 radical (unpaired) electrons. The van der Waals surface area contributed by atoms with Gasteiger partial charge in [-0.05, 0) is 66.0 Å². The fraction of sp³-hybridized carbons (Fsp3) is 0.511. The molecule has 16 heteroatoms. The van der Waals surface area contributed by atoms with Crippen molar-refractivity contribution >= 4 is 58.5 Å². The Labute approximate surface area is 366 Å². The van der Waals surface area contributed by atoms with Crippen LogP contribution in [0, 0.1) is 23.7 Å². The summed E-state index contributed by atoms with van der Waals surface area (Å²) in [7, 11) is 2.58. The summed E-state index contributed by atoms with van der Waals surface area (Å²) in [4.78, 5) is 69.0. The van der Waals surface area contributed by atoms with Crippen LogP contribution in [0.15, 0.2) is 58.7 Å². The van der Waals surface area contributed by atoms with Crippen molar-refractivity contribution in [1.29, 1.82) is 0 Å². The van der Waals surface area contributed by atoms with Crippen LogP contribution in [0.3, 0.4) is 0 Å². The number of nitrogens with one attached hydrogen (secondary N) is 3. The average Bonchev–Trinajstić information content (AvgIpc) is 4.06. The van der Waals surface area contributed by atoms with Gasteiger partial charge < -0.3 is 39.6 Å². The topological polar surface area (TPSA) is 168 Å². The standard InChI is InChI=1S/C45H55Cl2N7O7/c1-24(2)36(50-44(57)59-5)42(55)53-22-25(3)19-34(53)33-21-32(39(46)48-33)29-11-7-27(8-12-29)28-9-13-30(14-10-28)37-40(47)52-41(49-37)35-20-26(4)23-54(35)43(56)38(51-45(58)60-6)31-15-17-61-18-16-31/h7-14,24-26,31,34-36,38H,15-23H2,1-6H3,(H,49,52)(H,50,57)(H,51,58)/t25-,26-,34-,35-,36-,38-/m0/s1. The van der Waals surface area contributed by atoms with Gasteiger partial charge in [0.1, 0.15) is 33.9 Å². The number of benzene rings is 2. The Kier molecular flexibility index (Phi) is 13.7. The van der Waals surface area contributed by atoms with Crippen molar-refractivity contribution < 1.29 is 33.4 Å². The molecule has 4 aliphatic heterocycles. The first-order valence-electron chi connectivity index (χ1n) is 21.1. The molecule has 2 aromatic carbocycles. The largest absolute Gasteiger partial charge is 0.453 e. The Balaban J connectivity index is 1.02. The van der Waals surface area contributed by atoms with Gasteiger partial charge >= 0.3 is 12.2 Å². The van der Waals surface area contributed by atoms with Crippen LogP contribution in [0.1, 0.15) is 77.2 Å². The molecular formula is C45H55Cl2N7O7. The molecule has 0 aliphatic carbocycles. The molecule has 7 rings (SSSR count). The number of alkyl carbamates (subject to hydrolysis) is 2. The maximum Gasteiger partial charge on any atom is 0.407 e. The van der Waals surface area contributed by atoms with E-state index in [4.69, 9.17) is 47.4 Å². The number of aromatic nitrogens is 2. The molecule has 3 N–H and O–H groups in total. The van der Waals surface area contributed by atoms with E-state index < -0.39 is 24.3 Å². The van der Waals surface area contributed by atoms with E-state index in [2.05, 4.69) is 29.5 Å². The molecule has 4 aliphatic rings. The fourth-order valence-corrected chi connectivity index (χ4v) is 9.66. The first-order chi connectivity index (χ1) is 29.3. The van der Waals surface area contributed by atoms with Gasteiger partial charge in [-0.1, -0.05) is 99.4 Å². The average molecular weight is 877 g/mol. The summed E-state index contributed by atoms with van der Waals surface area (Å²) in [5.74, 6) is 0.564. The monoisotopic (exact) mass is 875 g/mol. The van der Waals surface area contributed by atoms with E-state index in [1.165, 1.54) is 14.2 Å². The number of amides is 4. The van der Waals surface area contributed by atoms with Gasteiger partial charge in [0.25, 0.3) is 0 Å². The minimum Gasteiger partial charge on any atom is -0.453 e. The van der Waals surface area contributed by atoms with Crippen molar-refractivity contribution in [3.8, 4) is 22.4 Å². The van der Waals surface area contributed by atoms with Gasteiger partial charge in [0.15, 0.2) is 0 Å². The number of carbonyl (C=O) groups is 4. The lowest BCUT2D eigenvalue weighted by molar-refractivity contribution is -0.137. The second-order valence-electron chi connectivity index (χ2n) is 17.1. The molecule has 0 bridgehead atoms. The number of likely N-dealkylation sites (tertiary alicyclic amines) is 2. The van der Waals surface area contributed by atoms with Crippen molar-refractivity contribution in [1.82, 2.24) is 30.4 Å². The number of nitrogens with zero attached hydrogens (tertiary/aromatic N) is 4. The number of aliphatic imine (C=N–C) groups is 1. The number of H-pyrrole nitrogens is 1. The number of ether oxygens (including phenoxy) is 3. The second kappa shape index (κ2) is 19.0. The highest BCUT2D eigenvalue weighted by molar-refractivity contribution is 6.35. The lowest BCUT2D eigenvalue weighted by atomic mass is 9.90. The summed E-state index contributed by atoms with van der Waals surface area (Å²) < 4.78 is 15.2. The van der Waals surface area contributed by atoms with Crippen molar-refractivity contribution in [3.05, 3.63) is 70.2 Å². The van der Waals surface area contributed by atoms with Crippen LogP contribution in [0.25, 0.3) is 28.0 Å². The van der Waals surface area contributed by atoms with Gasteiger partial charge in [-0.2, -0.15) is 0 Å². The summed E-state index contributed by atoms with van der Waals surface area (Å²) in [5, 5.41) is 6.32. The van der Waals surface area contributed by atoms with Crippen LogP contribution in [0.2, 0.25) is 5.15 Å². The normalized spacial score (nSPS) is 22.9. The van der Waals surface area contributed by atoms with Gasteiger partial charge in [-0.3, -0.25) is 9.59 Å².